The van der Waals surface area contributed by atoms with E-state index >= 15 is 0 Å². The van der Waals surface area contributed by atoms with Crippen LogP contribution in [0.25, 0.3) is 0 Å². The Labute approximate surface area is 99.9 Å². The van der Waals surface area contributed by atoms with Gasteiger partial charge in [0.1, 0.15) is 0 Å². The molecule has 0 aromatic carbocycles. The largest absolute Gasteiger partial charge is 0.382 e. The molecule has 1 N–H and O–H groups in total. The van der Waals surface area contributed by atoms with Gasteiger partial charge in [0.15, 0.2) is 0 Å². The van der Waals surface area contributed by atoms with Gasteiger partial charge in [0.2, 0.25) is 0 Å². The van der Waals surface area contributed by atoms with Gasteiger partial charge in [-0.2, -0.15) is 0 Å². The maximum atomic E-state index is 5.92. The minimum atomic E-state index is 0.380. The molecule has 0 spiro atoms. The van der Waals surface area contributed by atoms with E-state index in [2.05, 4.69) is 12.2 Å². The van der Waals surface area contributed by atoms with Crippen molar-refractivity contribution in [2.45, 2.75) is 51.2 Å². The summed E-state index contributed by atoms with van der Waals surface area (Å²) in [6, 6.07) is 0.532. The van der Waals surface area contributed by atoms with Gasteiger partial charge in [0.25, 0.3) is 0 Å². The van der Waals surface area contributed by atoms with Gasteiger partial charge in [-0.3, -0.25) is 0 Å². The van der Waals surface area contributed by atoms with Crippen LogP contribution in [0.4, 0.5) is 0 Å². The first-order chi connectivity index (χ1) is 7.81. The van der Waals surface area contributed by atoms with E-state index in [0.29, 0.717) is 18.8 Å². The molecular weight excluding hydrogens is 202 g/mol. The average Bonchev–Trinajstić information content (AvgIpc) is 2.30. The Morgan fingerprint density at radius 3 is 2.69 bits per heavy atom. The fourth-order valence-electron chi connectivity index (χ4n) is 2.68. The summed E-state index contributed by atoms with van der Waals surface area (Å²) < 4.78 is 10.9. The second-order valence-electron chi connectivity index (χ2n) is 4.76. The predicted octanol–water partition coefficient (Wildman–Crippen LogP) is 2.21. The summed E-state index contributed by atoms with van der Waals surface area (Å²) in [5, 5.41) is 3.38. The van der Waals surface area contributed by atoms with Crippen LogP contribution in [-0.2, 0) is 9.47 Å². The second-order valence-corrected chi connectivity index (χ2v) is 4.76. The maximum absolute atomic E-state index is 5.92. The Morgan fingerprint density at radius 2 is 2.06 bits per heavy atom. The maximum Gasteiger partial charge on any atom is 0.0731 e. The molecule has 0 saturated heterocycles. The highest BCUT2D eigenvalue weighted by atomic mass is 16.5. The standard InChI is InChI=1S/C13H27NO2/c1-4-5-11-6-7-12(14-2)13(10-11)16-9-8-15-3/h11-14H,4-10H2,1-3H3. The van der Waals surface area contributed by atoms with Crippen molar-refractivity contribution >= 4 is 0 Å². The summed E-state index contributed by atoms with van der Waals surface area (Å²) in [6.45, 7) is 3.69. The number of methoxy groups -OCH3 is 1. The Balaban J connectivity index is 2.34. The molecule has 0 aromatic heterocycles. The van der Waals surface area contributed by atoms with E-state index in [0.717, 1.165) is 12.5 Å². The molecule has 0 heterocycles. The highest BCUT2D eigenvalue weighted by Crippen LogP contribution is 2.29. The van der Waals surface area contributed by atoms with Gasteiger partial charge in [-0.05, 0) is 32.2 Å². The van der Waals surface area contributed by atoms with Crippen LogP contribution in [0, 0.1) is 5.92 Å². The Hall–Kier alpha value is -0.120. The molecule has 0 radical (unpaired) electrons. The molecule has 0 aliphatic heterocycles. The third-order valence-electron chi connectivity index (χ3n) is 3.59. The van der Waals surface area contributed by atoms with E-state index in [1.807, 2.05) is 7.05 Å². The van der Waals surface area contributed by atoms with Crippen molar-refractivity contribution in [3.05, 3.63) is 0 Å². The predicted molar refractivity (Wildman–Crippen MR) is 66.7 cm³/mol. The minimum Gasteiger partial charge on any atom is -0.382 e. The number of hydrogen-bond acceptors (Lipinski definition) is 3. The first-order valence-corrected chi connectivity index (χ1v) is 6.59. The van der Waals surface area contributed by atoms with Gasteiger partial charge in [-0.25, -0.2) is 0 Å². The van der Waals surface area contributed by atoms with Crippen molar-refractivity contribution in [1.29, 1.82) is 0 Å². The zero-order valence-electron chi connectivity index (χ0n) is 11.0. The fourth-order valence-corrected chi connectivity index (χ4v) is 2.68. The molecule has 3 nitrogen and oxygen atoms in total. The molecule has 3 unspecified atom stereocenters. The average molecular weight is 229 g/mol. The molecule has 1 aliphatic rings. The molecular formula is C13H27NO2. The zero-order chi connectivity index (χ0) is 11.8. The third kappa shape index (κ3) is 4.40. The monoisotopic (exact) mass is 229 g/mol. The summed E-state index contributed by atoms with van der Waals surface area (Å²) in [5.74, 6) is 0.863. The van der Waals surface area contributed by atoms with Gasteiger partial charge in [-0.1, -0.05) is 19.8 Å². The number of nitrogens with one attached hydrogen (secondary N) is 1. The number of rotatable bonds is 7. The van der Waals surface area contributed by atoms with Crippen LogP contribution in [0.1, 0.15) is 39.0 Å². The van der Waals surface area contributed by atoms with Gasteiger partial charge < -0.3 is 14.8 Å². The number of hydrogen-bond donors (Lipinski definition) is 1. The lowest BCUT2D eigenvalue weighted by molar-refractivity contribution is -0.0290. The van der Waals surface area contributed by atoms with Gasteiger partial charge >= 0.3 is 0 Å². The SMILES string of the molecule is CCCC1CCC(NC)C(OCCOC)C1. The summed E-state index contributed by atoms with van der Waals surface area (Å²) in [6.07, 6.45) is 6.83. The quantitative estimate of drug-likeness (QED) is 0.679. The first kappa shape index (κ1) is 13.9. The molecule has 0 aromatic rings. The van der Waals surface area contributed by atoms with E-state index in [4.69, 9.17) is 9.47 Å². The number of ether oxygens (including phenoxy) is 2. The summed E-state index contributed by atoms with van der Waals surface area (Å²) in [4.78, 5) is 0. The molecule has 0 bridgehead atoms. The molecule has 96 valence electrons. The third-order valence-corrected chi connectivity index (χ3v) is 3.59. The lowest BCUT2D eigenvalue weighted by atomic mass is 9.81. The Kier molecular flexibility index (Phi) is 7.01. The van der Waals surface area contributed by atoms with Crippen LogP contribution in [0.2, 0.25) is 0 Å². The Morgan fingerprint density at radius 1 is 1.25 bits per heavy atom. The molecule has 16 heavy (non-hydrogen) atoms. The lowest BCUT2D eigenvalue weighted by Gasteiger charge is -2.35. The van der Waals surface area contributed by atoms with Crippen molar-refractivity contribution in [2.75, 3.05) is 27.4 Å². The Bertz CT molecular complexity index is 175. The second kappa shape index (κ2) is 8.04. The molecule has 1 fully saturated rings. The molecule has 1 rings (SSSR count). The van der Waals surface area contributed by atoms with Crippen molar-refractivity contribution in [3.8, 4) is 0 Å². The minimum absolute atomic E-state index is 0.380. The first-order valence-electron chi connectivity index (χ1n) is 6.59. The van der Waals surface area contributed by atoms with Gasteiger partial charge in [-0.15, -0.1) is 0 Å². The fraction of sp³-hybridized carbons (Fsp3) is 1.00. The topological polar surface area (TPSA) is 30.5 Å². The molecule has 3 atom stereocenters. The summed E-state index contributed by atoms with van der Waals surface area (Å²) >= 11 is 0. The highest BCUT2D eigenvalue weighted by molar-refractivity contribution is 4.84. The van der Waals surface area contributed by atoms with Crippen LogP contribution in [-0.4, -0.2) is 39.5 Å². The van der Waals surface area contributed by atoms with Gasteiger partial charge in [0.05, 0.1) is 19.3 Å². The van der Waals surface area contributed by atoms with Crippen molar-refractivity contribution in [1.82, 2.24) is 5.32 Å². The van der Waals surface area contributed by atoms with E-state index < -0.39 is 0 Å². The zero-order valence-corrected chi connectivity index (χ0v) is 11.0. The van der Waals surface area contributed by atoms with Crippen molar-refractivity contribution in [3.63, 3.8) is 0 Å². The van der Waals surface area contributed by atoms with Crippen LogP contribution in [0.3, 0.4) is 0 Å². The van der Waals surface area contributed by atoms with Crippen LogP contribution in [0.5, 0.6) is 0 Å². The molecule has 0 amide bonds. The molecule has 1 aliphatic carbocycles. The van der Waals surface area contributed by atoms with Crippen LogP contribution >= 0.6 is 0 Å². The van der Waals surface area contributed by atoms with E-state index in [1.165, 1.54) is 32.1 Å². The molecule has 1 saturated carbocycles. The molecule has 3 heteroatoms. The van der Waals surface area contributed by atoms with E-state index in [-0.39, 0.29) is 0 Å². The van der Waals surface area contributed by atoms with Crippen molar-refractivity contribution in [2.24, 2.45) is 5.92 Å². The van der Waals surface area contributed by atoms with E-state index in [1.54, 1.807) is 7.11 Å². The lowest BCUT2D eigenvalue weighted by Crippen LogP contribution is -2.44. The van der Waals surface area contributed by atoms with Crippen LogP contribution in [0.15, 0.2) is 0 Å². The highest BCUT2D eigenvalue weighted by Gasteiger charge is 2.29. The summed E-state index contributed by atoms with van der Waals surface area (Å²) in [5.41, 5.74) is 0. The van der Waals surface area contributed by atoms with Gasteiger partial charge in [0, 0.05) is 13.2 Å². The number of likely N-dealkylation sites (N-methyl/N-ethyl adjacent to an activating group) is 1. The van der Waals surface area contributed by atoms with E-state index in [9.17, 15) is 0 Å². The smallest absolute Gasteiger partial charge is 0.0731 e. The van der Waals surface area contributed by atoms with Crippen molar-refractivity contribution < 1.29 is 9.47 Å². The van der Waals surface area contributed by atoms with Crippen LogP contribution < -0.4 is 5.32 Å². The summed E-state index contributed by atoms with van der Waals surface area (Å²) in [7, 11) is 3.76. The normalized spacial score (nSPS) is 30.6.